The van der Waals surface area contributed by atoms with Gasteiger partial charge in [0.1, 0.15) is 18.9 Å². The van der Waals surface area contributed by atoms with Gasteiger partial charge in [0.2, 0.25) is 0 Å². The van der Waals surface area contributed by atoms with Crippen molar-refractivity contribution in [3.63, 3.8) is 0 Å². The lowest BCUT2D eigenvalue weighted by Crippen LogP contribution is -2.37. The molecule has 6 nitrogen and oxygen atoms in total. The molecule has 0 heterocycles. The van der Waals surface area contributed by atoms with Crippen LogP contribution in [0, 0.1) is 11.3 Å². The molecule has 0 aliphatic heterocycles. The van der Waals surface area contributed by atoms with E-state index in [1.807, 2.05) is 0 Å². The fourth-order valence-corrected chi connectivity index (χ4v) is 2.63. The lowest BCUT2D eigenvalue weighted by atomic mass is 10.1. The molecule has 31 heavy (non-hydrogen) atoms. The van der Waals surface area contributed by atoms with E-state index in [1.54, 1.807) is 0 Å². The minimum atomic E-state index is -4.90. The van der Waals surface area contributed by atoms with E-state index in [-0.39, 0.29) is 24.6 Å². The van der Waals surface area contributed by atoms with Crippen LogP contribution in [0.2, 0.25) is 0 Å². The maximum atomic E-state index is 13.2. The number of nitrogens with two attached hydrogens (primary N) is 1. The number of amides is 2. The standard InChI is InChI=1S/C19H16F6N4O2/c20-18(21,22)11-29(14-4-1-12(10-26)16(9-14)19(23,24)25)7-8-31-15-5-2-13(3-6-15)28-17(27)30/h1-6,9H,7-8,11H2,(H3,27,28,30). The summed E-state index contributed by atoms with van der Waals surface area (Å²) in [4.78, 5) is 11.4. The number of anilines is 2. The Balaban J connectivity index is 2.16. The van der Waals surface area contributed by atoms with Gasteiger partial charge in [-0.2, -0.15) is 31.6 Å². The molecule has 3 N–H and O–H groups in total. The van der Waals surface area contributed by atoms with Crippen LogP contribution < -0.4 is 20.7 Å². The summed E-state index contributed by atoms with van der Waals surface area (Å²) in [6.45, 7) is -2.18. The maximum absolute atomic E-state index is 13.2. The molecule has 166 valence electrons. The Morgan fingerprint density at radius 2 is 1.74 bits per heavy atom. The number of urea groups is 1. The molecule has 0 radical (unpaired) electrons. The molecule has 0 unspecified atom stereocenters. The van der Waals surface area contributed by atoms with E-state index in [1.165, 1.54) is 30.3 Å². The first kappa shape index (κ1) is 23.7. The summed E-state index contributed by atoms with van der Waals surface area (Å²) in [5.74, 6) is 0.262. The van der Waals surface area contributed by atoms with Crippen molar-refractivity contribution in [3.8, 4) is 11.8 Å². The van der Waals surface area contributed by atoms with E-state index in [9.17, 15) is 31.1 Å². The van der Waals surface area contributed by atoms with Crippen molar-refractivity contribution in [2.75, 3.05) is 29.9 Å². The van der Waals surface area contributed by atoms with E-state index in [0.29, 0.717) is 16.7 Å². The van der Waals surface area contributed by atoms with Crippen LogP contribution in [-0.2, 0) is 6.18 Å². The van der Waals surface area contributed by atoms with Crippen LogP contribution in [0.5, 0.6) is 5.75 Å². The molecule has 0 atom stereocenters. The van der Waals surface area contributed by atoms with Crippen LogP contribution in [0.15, 0.2) is 42.5 Å². The highest BCUT2D eigenvalue weighted by molar-refractivity contribution is 5.87. The van der Waals surface area contributed by atoms with Crippen LogP contribution in [0.3, 0.4) is 0 Å². The van der Waals surface area contributed by atoms with Crippen LogP contribution >= 0.6 is 0 Å². The fraction of sp³-hybridized carbons (Fsp3) is 0.263. The molecule has 12 heteroatoms. The van der Waals surface area contributed by atoms with Crippen molar-refractivity contribution in [3.05, 3.63) is 53.6 Å². The SMILES string of the molecule is N#Cc1ccc(N(CCOc2ccc(NC(N)=O)cc2)CC(F)(F)F)cc1C(F)(F)F. The Bertz CT molecular complexity index is 952. The monoisotopic (exact) mass is 446 g/mol. The van der Waals surface area contributed by atoms with Gasteiger partial charge in [-0.3, -0.25) is 0 Å². The summed E-state index contributed by atoms with van der Waals surface area (Å²) >= 11 is 0. The zero-order valence-electron chi connectivity index (χ0n) is 15.7. The number of alkyl halides is 6. The summed E-state index contributed by atoms with van der Waals surface area (Å²) in [6, 6.07) is 8.71. The Morgan fingerprint density at radius 3 is 2.26 bits per heavy atom. The minimum absolute atomic E-state index is 0.262. The van der Waals surface area contributed by atoms with Crippen molar-refractivity contribution in [2.45, 2.75) is 12.4 Å². The fourth-order valence-electron chi connectivity index (χ4n) is 2.63. The number of halogens is 6. The predicted molar refractivity (Wildman–Crippen MR) is 99.6 cm³/mol. The average Bonchev–Trinajstić information content (AvgIpc) is 2.66. The molecule has 2 aromatic carbocycles. The molecule has 0 fully saturated rings. The number of hydrogen-bond donors (Lipinski definition) is 2. The lowest BCUT2D eigenvalue weighted by Gasteiger charge is -2.27. The average molecular weight is 446 g/mol. The quantitative estimate of drug-likeness (QED) is 0.612. The molecule has 2 amide bonds. The topological polar surface area (TPSA) is 91.4 Å². The number of hydrogen-bond acceptors (Lipinski definition) is 4. The van der Waals surface area contributed by atoms with Crippen LogP contribution in [0.4, 0.5) is 42.5 Å². The number of nitrogens with zero attached hydrogens (tertiary/aromatic N) is 2. The number of primary amides is 1. The third kappa shape index (κ3) is 7.29. The van der Waals surface area contributed by atoms with Gasteiger partial charge in [0.05, 0.1) is 23.7 Å². The molecule has 0 aliphatic rings. The molecule has 0 bridgehead atoms. The first-order valence-corrected chi connectivity index (χ1v) is 8.61. The second kappa shape index (κ2) is 9.46. The van der Waals surface area contributed by atoms with Gasteiger partial charge in [-0.25, -0.2) is 4.79 Å². The first-order valence-electron chi connectivity index (χ1n) is 8.61. The summed E-state index contributed by atoms with van der Waals surface area (Å²) in [5.41, 5.74) is 2.98. The van der Waals surface area contributed by atoms with Gasteiger partial charge in [-0.15, -0.1) is 0 Å². The second-order valence-corrected chi connectivity index (χ2v) is 6.24. The highest BCUT2D eigenvalue weighted by Crippen LogP contribution is 2.35. The summed E-state index contributed by atoms with van der Waals surface area (Å²) in [5, 5.41) is 11.2. The molecule has 0 saturated heterocycles. The Kier molecular flexibility index (Phi) is 7.22. The molecule has 0 saturated carbocycles. The minimum Gasteiger partial charge on any atom is -0.492 e. The van der Waals surface area contributed by atoms with E-state index in [2.05, 4.69) is 5.32 Å². The van der Waals surface area contributed by atoms with E-state index in [0.717, 1.165) is 12.1 Å². The summed E-state index contributed by atoms with van der Waals surface area (Å²) in [7, 11) is 0. The van der Waals surface area contributed by atoms with Gasteiger partial charge >= 0.3 is 18.4 Å². The molecule has 2 aromatic rings. The number of ether oxygens (including phenoxy) is 1. The number of carbonyl (C=O) groups is 1. The Hall–Kier alpha value is -3.62. The van der Waals surface area contributed by atoms with Gasteiger partial charge in [-0.05, 0) is 42.5 Å². The highest BCUT2D eigenvalue weighted by Gasteiger charge is 2.36. The smallest absolute Gasteiger partial charge is 0.417 e. The summed E-state index contributed by atoms with van der Waals surface area (Å²) < 4.78 is 83.7. The van der Waals surface area contributed by atoms with Crippen molar-refractivity contribution in [1.29, 1.82) is 5.26 Å². The van der Waals surface area contributed by atoms with E-state index in [4.69, 9.17) is 15.7 Å². The third-order valence-electron chi connectivity index (χ3n) is 3.92. The second-order valence-electron chi connectivity index (χ2n) is 6.24. The predicted octanol–water partition coefficient (Wildman–Crippen LogP) is 4.52. The number of nitrogens with one attached hydrogen (secondary N) is 1. The van der Waals surface area contributed by atoms with Gasteiger partial charge in [-0.1, -0.05) is 0 Å². The largest absolute Gasteiger partial charge is 0.492 e. The highest BCUT2D eigenvalue weighted by atomic mass is 19.4. The van der Waals surface area contributed by atoms with Crippen molar-refractivity contribution >= 4 is 17.4 Å². The maximum Gasteiger partial charge on any atom is 0.417 e. The molecule has 0 aromatic heterocycles. The Labute approximate surface area is 172 Å². The summed E-state index contributed by atoms with van der Waals surface area (Å²) in [6.07, 6.45) is -9.59. The molecule has 0 aliphatic carbocycles. The van der Waals surface area contributed by atoms with Crippen molar-refractivity contribution < 1.29 is 35.9 Å². The van der Waals surface area contributed by atoms with Gasteiger partial charge in [0.25, 0.3) is 0 Å². The zero-order valence-corrected chi connectivity index (χ0v) is 15.7. The van der Waals surface area contributed by atoms with Gasteiger partial charge in [0.15, 0.2) is 0 Å². The molecular weight excluding hydrogens is 430 g/mol. The van der Waals surface area contributed by atoms with Crippen molar-refractivity contribution in [1.82, 2.24) is 0 Å². The normalized spacial score (nSPS) is 11.5. The van der Waals surface area contributed by atoms with E-state index < -0.39 is 36.1 Å². The van der Waals surface area contributed by atoms with E-state index >= 15 is 0 Å². The van der Waals surface area contributed by atoms with Gasteiger partial charge < -0.3 is 20.7 Å². The zero-order chi connectivity index (χ0) is 23.2. The molecule has 0 spiro atoms. The van der Waals surface area contributed by atoms with Crippen LogP contribution in [0.1, 0.15) is 11.1 Å². The third-order valence-corrected chi connectivity index (χ3v) is 3.92. The van der Waals surface area contributed by atoms with Crippen molar-refractivity contribution in [2.24, 2.45) is 5.73 Å². The number of rotatable bonds is 7. The number of carbonyl (C=O) groups excluding carboxylic acids is 1. The van der Waals surface area contributed by atoms with Crippen LogP contribution in [0.25, 0.3) is 0 Å². The van der Waals surface area contributed by atoms with Gasteiger partial charge in [0, 0.05) is 11.4 Å². The van der Waals surface area contributed by atoms with Crippen LogP contribution in [-0.4, -0.2) is 31.9 Å². The number of nitriles is 1. The first-order chi connectivity index (χ1) is 14.4. The lowest BCUT2D eigenvalue weighted by molar-refractivity contribution is -0.137. The molecular formula is C19H16F6N4O2. The molecule has 2 rings (SSSR count). The number of benzene rings is 2. The Morgan fingerprint density at radius 1 is 1.10 bits per heavy atom.